The van der Waals surface area contributed by atoms with Crippen molar-refractivity contribution >= 4 is 21.4 Å². The molecule has 0 aromatic carbocycles. The molecule has 0 bridgehead atoms. The minimum atomic E-state index is -4.13. The molecule has 1 unspecified atom stereocenters. The number of hydrogen-bond donors (Lipinski definition) is 0. The number of hydrogen-bond acceptors (Lipinski definition) is 4. The molecule has 0 spiro atoms. The Bertz CT molecular complexity index is 529. The van der Waals surface area contributed by atoms with Gasteiger partial charge in [-0.05, 0) is 25.7 Å². The first-order valence-corrected chi connectivity index (χ1v) is 22.3. The number of phosphoric acid groups is 1. The second-order valence-corrected chi connectivity index (χ2v) is 22.4. The number of phosphoric ester groups is 1. The maximum atomic E-state index is 12.0. The van der Waals surface area contributed by atoms with Crippen LogP contribution < -0.4 is 4.89 Å². The third-order valence-corrected chi connectivity index (χ3v) is 19.5. The zero-order valence-electron chi connectivity index (χ0n) is 24.7. The average Bonchev–Trinajstić information content (AvgIpc) is 2.87. The minimum absolute atomic E-state index is 0.259. The fourth-order valence-corrected chi connectivity index (χ4v) is 11.6. The number of allylic oxidation sites excluding steroid dienone is 2. The molecule has 6 heteroatoms. The van der Waals surface area contributed by atoms with Crippen LogP contribution in [0.4, 0.5) is 0 Å². The van der Waals surface area contributed by atoms with Gasteiger partial charge in [-0.25, -0.2) is 0 Å². The van der Waals surface area contributed by atoms with Crippen LogP contribution in [-0.4, -0.2) is 26.8 Å². The summed E-state index contributed by atoms with van der Waals surface area (Å²) in [6, 6.07) is 0. The second kappa shape index (κ2) is 25.7. The van der Waals surface area contributed by atoms with Gasteiger partial charge in [0.15, 0.2) is 0 Å². The van der Waals surface area contributed by atoms with E-state index in [1.165, 1.54) is 112 Å². The maximum absolute atomic E-state index is 12.0. The van der Waals surface area contributed by atoms with E-state index in [9.17, 15) is 9.46 Å². The number of unbranched alkanes of at least 4 members (excludes halogenated alkanes) is 16. The third-order valence-electron chi connectivity index (χ3n) is 7.73. The summed E-state index contributed by atoms with van der Waals surface area (Å²) in [4.78, 5) is 12.0. The summed E-state index contributed by atoms with van der Waals surface area (Å²) >= 11 is -1.71. The van der Waals surface area contributed by atoms with Crippen molar-refractivity contribution in [1.82, 2.24) is 0 Å². The van der Waals surface area contributed by atoms with Gasteiger partial charge in [0.2, 0.25) is 0 Å². The van der Waals surface area contributed by atoms with E-state index in [-0.39, 0.29) is 6.61 Å². The molecule has 0 aromatic heterocycles. The van der Waals surface area contributed by atoms with E-state index in [4.69, 9.17) is 9.05 Å². The Morgan fingerprint density at radius 1 is 0.583 bits per heavy atom. The molecule has 0 aliphatic rings. The molecule has 0 aliphatic carbocycles. The van der Waals surface area contributed by atoms with E-state index < -0.39 is 21.4 Å². The van der Waals surface area contributed by atoms with Crippen molar-refractivity contribution in [2.24, 2.45) is 0 Å². The van der Waals surface area contributed by atoms with Crippen LogP contribution in [0.1, 0.15) is 143 Å². The van der Waals surface area contributed by atoms with Crippen LogP contribution >= 0.6 is 7.82 Å². The average molecular weight is 593 g/mol. The fourth-order valence-electron chi connectivity index (χ4n) is 4.76. The Hall–Kier alpha value is 0.408. The first-order valence-electron chi connectivity index (χ1n) is 15.6. The zero-order valence-corrected chi connectivity index (χ0v) is 27.4. The Balaban J connectivity index is 3.43. The Morgan fingerprint density at radius 2 is 0.972 bits per heavy atom. The third kappa shape index (κ3) is 22.4. The molecule has 0 rings (SSSR count). The van der Waals surface area contributed by atoms with E-state index in [0.29, 0.717) is 6.61 Å². The van der Waals surface area contributed by atoms with E-state index in [1.54, 1.807) is 0 Å². The van der Waals surface area contributed by atoms with Crippen molar-refractivity contribution in [3.05, 3.63) is 12.2 Å². The second-order valence-electron chi connectivity index (χ2n) is 10.5. The molecule has 0 amide bonds. The molecular formula is C30H62AsO4P. The van der Waals surface area contributed by atoms with Crippen LogP contribution in [-0.2, 0) is 13.6 Å². The van der Waals surface area contributed by atoms with Gasteiger partial charge in [0.25, 0.3) is 0 Å². The molecule has 0 aliphatic heterocycles. The molecule has 0 radical (unpaired) electrons. The van der Waals surface area contributed by atoms with Gasteiger partial charge in [0.1, 0.15) is 0 Å². The van der Waals surface area contributed by atoms with E-state index in [1.807, 2.05) is 0 Å². The molecule has 1 atom stereocenters. The first kappa shape index (κ1) is 36.4. The molecule has 216 valence electrons. The number of rotatable bonds is 28. The predicted molar refractivity (Wildman–Crippen MR) is 159 cm³/mol. The SMILES string of the molecule is CCCCCCCC/C=C\CCCCCCCCCCCCOP(=O)([O-])OCC[As+](CC)(CC)CC. The van der Waals surface area contributed by atoms with Crippen LogP contribution in [0.15, 0.2) is 12.2 Å². The van der Waals surface area contributed by atoms with Gasteiger partial charge in [-0.15, -0.1) is 0 Å². The van der Waals surface area contributed by atoms with Crippen molar-refractivity contribution in [1.29, 1.82) is 0 Å². The monoisotopic (exact) mass is 592 g/mol. The molecule has 0 N–H and O–H groups in total. The molecule has 4 nitrogen and oxygen atoms in total. The fraction of sp³-hybridized carbons (Fsp3) is 0.933. The molecular weight excluding hydrogens is 530 g/mol. The topological polar surface area (TPSA) is 58.6 Å². The van der Waals surface area contributed by atoms with Crippen LogP contribution in [0.2, 0.25) is 20.8 Å². The van der Waals surface area contributed by atoms with Crippen LogP contribution in [0.3, 0.4) is 0 Å². The molecule has 0 saturated carbocycles. The van der Waals surface area contributed by atoms with Gasteiger partial charge in [0, 0.05) is 0 Å². The normalized spacial score (nSPS) is 14.0. The molecule has 0 fully saturated rings. The summed E-state index contributed by atoms with van der Waals surface area (Å²) < 4.78 is 22.2. The van der Waals surface area contributed by atoms with Gasteiger partial charge in [-0.2, -0.15) is 0 Å². The van der Waals surface area contributed by atoms with E-state index >= 15 is 0 Å². The quantitative estimate of drug-likeness (QED) is 0.0392. The summed E-state index contributed by atoms with van der Waals surface area (Å²) in [5.74, 6) is 0. The summed E-state index contributed by atoms with van der Waals surface area (Å²) in [7, 11) is -4.13. The standard InChI is InChI=1S/C30H62AsO4P/c1-5-9-10-11-12-13-14-15-16-17-18-19-20-21-22-23-24-25-26-27-29-34-36(32,33)35-30-28-31(6-2,7-3)8-4/h15-16H,5-14,17-30H2,1-4H3/b16-15-. The van der Waals surface area contributed by atoms with Gasteiger partial charge in [-0.3, -0.25) is 0 Å². The van der Waals surface area contributed by atoms with Crippen molar-refractivity contribution in [2.45, 2.75) is 164 Å². The summed E-state index contributed by atoms with van der Waals surface area (Å²) in [6.07, 6.45) is 27.9. The Kier molecular flexibility index (Phi) is 26.0. The van der Waals surface area contributed by atoms with E-state index in [2.05, 4.69) is 39.8 Å². The van der Waals surface area contributed by atoms with Crippen molar-refractivity contribution in [2.75, 3.05) is 13.2 Å². The van der Waals surface area contributed by atoms with Gasteiger partial charge >= 0.3 is 133 Å². The van der Waals surface area contributed by atoms with E-state index in [0.717, 1.165) is 24.5 Å². The van der Waals surface area contributed by atoms with Gasteiger partial charge in [0.05, 0.1) is 0 Å². The van der Waals surface area contributed by atoms with Crippen LogP contribution in [0, 0.1) is 0 Å². The summed E-state index contributed by atoms with van der Waals surface area (Å²) in [5.41, 5.74) is 0. The first-order chi connectivity index (χ1) is 17.4. The van der Waals surface area contributed by atoms with Crippen LogP contribution in [0.5, 0.6) is 0 Å². The summed E-state index contributed by atoms with van der Waals surface area (Å²) in [5, 5.41) is 4.59. The molecule has 36 heavy (non-hydrogen) atoms. The summed E-state index contributed by atoms with van der Waals surface area (Å²) in [6.45, 7) is 9.56. The molecule has 0 aromatic rings. The van der Waals surface area contributed by atoms with Gasteiger partial charge in [-0.1, -0.05) is 70.4 Å². The van der Waals surface area contributed by atoms with Crippen LogP contribution in [0.25, 0.3) is 0 Å². The molecule has 0 heterocycles. The van der Waals surface area contributed by atoms with Crippen molar-refractivity contribution in [3.8, 4) is 0 Å². The molecule has 0 saturated heterocycles. The van der Waals surface area contributed by atoms with Gasteiger partial charge < -0.3 is 0 Å². The van der Waals surface area contributed by atoms with Crippen molar-refractivity contribution in [3.63, 3.8) is 0 Å². The predicted octanol–water partition coefficient (Wildman–Crippen LogP) is 10.6. The zero-order chi connectivity index (χ0) is 26.8. The Labute approximate surface area is 228 Å². The van der Waals surface area contributed by atoms with Crippen molar-refractivity contribution < 1.29 is 18.5 Å². The Morgan fingerprint density at radius 3 is 1.42 bits per heavy atom.